The predicted octanol–water partition coefficient (Wildman–Crippen LogP) is 4.90. The maximum absolute atomic E-state index is 13.9. The fourth-order valence-electron chi connectivity index (χ4n) is 4.20. The first-order valence-electron chi connectivity index (χ1n) is 13.9. The van der Waals surface area contributed by atoms with Gasteiger partial charge in [0.2, 0.25) is 11.8 Å². The van der Waals surface area contributed by atoms with Crippen molar-refractivity contribution in [2.24, 2.45) is 0 Å². The second kappa shape index (κ2) is 15.9. The van der Waals surface area contributed by atoms with E-state index in [9.17, 15) is 19.5 Å². The average Bonchev–Trinajstić information content (AvgIpc) is 2.91. The molecule has 8 nitrogen and oxygen atoms in total. The highest BCUT2D eigenvalue weighted by molar-refractivity contribution is 5.92. The molecule has 0 aliphatic heterocycles. The van der Waals surface area contributed by atoms with Gasteiger partial charge in [0.15, 0.2) is 0 Å². The van der Waals surface area contributed by atoms with Crippen LogP contribution in [0.5, 0.6) is 0 Å². The summed E-state index contributed by atoms with van der Waals surface area (Å²) in [7, 11) is 0. The van der Waals surface area contributed by atoms with E-state index >= 15 is 0 Å². The molecule has 0 aliphatic carbocycles. The third-order valence-corrected chi connectivity index (χ3v) is 6.28. The Morgan fingerprint density at radius 2 is 1.59 bits per heavy atom. The minimum atomic E-state index is -1.26. The summed E-state index contributed by atoms with van der Waals surface area (Å²) in [5, 5.41) is 15.6. The molecule has 0 saturated carbocycles. The van der Waals surface area contributed by atoms with Crippen LogP contribution in [0.3, 0.4) is 0 Å². The van der Waals surface area contributed by atoms with E-state index in [4.69, 9.17) is 4.74 Å². The molecule has 2 atom stereocenters. The molecule has 0 spiro atoms. The number of aryl methyl sites for hydroxylation is 1. The Kier molecular flexibility index (Phi) is 13.0. The van der Waals surface area contributed by atoms with Crippen molar-refractivity contribution < 1.29 is 24.2 Å². The first kappa shape index (κ1) is 31.8. The van der Waals surface area contributed by atoms with Crippen LogP contribution in [-0.2, 0) is 27.3 Å². The van der Waals surface area contributed by atoms with Crippen molar-refractivity contribution >= 4 is 17.9 Å². The second-order valence-corrected chi connectivity index (χ2v) is 10.7. The van der Waals surface area contributed by atoms with E-state index in [1.165, 1.54) is 4.90 Å². The largest absolute Gasteiger partial charge is 0.444 e. The van der Waals surface area contributed by atoms with Crippen LogP contribution in [0.25, 0.3) is 0 Å². The summed E-state index contributed by atoms with van der Waals surface area (Å²) in [6, 6.07) is 15.0. The normalized spacial score (nSPS) is 12.8. The Balaban J connectivity index is 2.41. The van der Waals surface area contributed by atoms with Gasteiger partial charge in [0.05, 0.1) is 6.61 Å². The van der Waals surface area contributed by atoms with E-state index in [0.29, 0.717) is 25.1 Å². The number of aliphatic hydroxyl groups excluding tert-OH is 1. The fourth-order valence-corrected chi connectivity index (χ4v) is 4.20. The molecule has 39 heavy (non-hydrogen) atoms. The zero-order chi connectivity index (χ0) is 28.8. The van der Waals surface area contributed by atoms with E-state index in [-0.39, 0.29) is 5.91 Å². The molecule has 0 radical (unpaired) electrons. The maximum atomic E-state index is 13.9. The van der Waals surface area contributed by atoms with Gasteiger partial charge in [-0.15, -0.1) is 0 Å². The zero-order valence-electron chi connectivity index (χ0n) is 24.0. The zero-order valence-corrected chi connectivity index (χ0v) is 24.0. The molecule has 3 amide bonds. The standard InChI is InChI=1S/C31H45N3O5/c1-6-8-9-13-20-34(29(37)26(22-35)33-30(38)39-31(3,4)5)27(25-18-16-23(7-2)17-19-25)28(36)32-21-24-14-11-10-12-15-24/h10-12,14-19,26-27,35H,6-9,13,20-22H2,1-5H3,(H,32,36)(H,33,38). The van der Waals surface area contributed by atoms with Crippen molar-refractivity contribution in [1.29, 1.82) is 0 Å². The van der Waals surface area contributed by atoms with Gasteiger partial charge in [0.1, 0.15) is 17.7 Å². The summed E-state index contributed by atoms with van der Waals surface area (Å²) in [5.41, 5.74) is 1.94. The van der Waals surface area contributed by atoms with Gasteiger partial charge in [-0.05, 0) is 50.3 Å². The topological polar surface area (TPSA) is 108 Å². The summed E-state index contributed by atoms with van der Waals surface area (Å²) < 4.78 is 5.31. The molecule has 3 N–H and O–H groups in total. The molecule has 214 valence electrons. The number of carbonyl (C=O) groups excluding carboxylic acids is 3. The van der Waals surface area contributed by atoms with Crippen LogP contribution in [0, 0.1) is 0 Å². The van der Waals surface area contributed by atoms with Crippen molar-refractivity contribution in [2.45, 2.75) is 91.0 Å². The molecule has 2 aromatic rings. The molecular weight excluding hydrogens is 494 g/mol. The van der Waals surface area contributed by atoms with Crippen LogP contribution in [0.2, 0.25) is 0 Å². The van der Waals surface area contributed by atoms with Gasteiger partial charge < -0.3 is 25.4 Å². The van der Waals surface area contributed by atoms with Gasteiger partial charge in [-0.1, -0.05) is 87.7 Å². The van der Waals surface area contributed by atoms with E-state index < -0.39 is 36.3 Å². The fraction of sp³-hybridized carbons (Fsp3) is 0.516. The van der Waals surface area contributed by atoms with Gasteiger partial charge in [0.25, 0.3) is 0 Å². The molecule has 2 unspecified atom stereocenters. The third-order valence-electron chi connectivity index (χ3n) is 6.28. The molecule has 8 heteroatoms. The summed E-state index contributed by atoms with van der Waals surface area (Å²) in [6.07, 6.45) is 3.62. The van der Waals surface area contributed by atoms with Crippen LogP contribution in [0.15, 0.2) is 54.6 Å². The molecule has 2 aromatic carbocycles. The summed E-state index contributed by atoms with van der Waals surface area (Å²) in [5.74, 6) is -0.875. The lowest BCUT2D eigenvalue weighted by atomic mass is 10.00. The van der Waals surface area contributed by atoms with Crippen molar-refractivity contribution in [3.8, 4) is 0 Å². The summed E-state index contributed by atoms with van der Waals surface area (Å²) in [4.78, 5) is 41.6. The molecule has 0 saturated heterocycles. The summed E-state index contributed by atoms with van der Waals surface area (Å²) in [6.45, 7) is 9.28. The molecule has 0 fully saturated rings. The number of alkyl carbamates (subject to hydrolysis) is 1. The number of aliphatic hydroxyl groups is 1. The Morgan fingerprint density at radius 3 is 2.15 bits per heavy atom. The molecular formula is C31H45N3O5. The Bertz CT molecular complexity index is 1030. The van der Waals surface area contributed by atoms with E-state index in [1.54, 1.807) is 20.8 Å². The lowest BCUT2D eigenvalue weighted by Gasteiger charge is -2.34. The van der Waals surface area contributed by atoms with Crippen LogP contribution >= 0.6 is 0 Å². The van der Waals surface area contributed by atoms with Gasteiger partial charge >= 0.3 is 6.09 Å². The number of ether oxygens (including phenoxy) is 1. The van der Waals surface area contributed by atoms with Gasteiger partial charge in [-0.3, -0.25) is 9.59 Å². The number of nitrogens with one attached hydrogen (secondary N) is 2. The quantitative estimate of drug-likeness (QED) is 0.296. The highest BCUT2D eigenvalue weighted by Gasteiger charge is 2.35. The highest BCUT2D eigenvalue weighted by Crippen LogP contribution is 2.25. The van der Waals surface area contributed by atoms with Crippen LogP contribution in [-0.4, -0.2) is 52.7 Å². The summed E-state index contributed by atoms with van der Waals surface area (Å²) >= 11 is 0. The Morgan fingerprint density at radius 1 is 0.923 bits per heavy atom. The Labute approximate surface area is 233 Å². The van der Waals surface area contributed by atoms with E-state index in [0.717, 1.165) is 36.8 Å². The molecule has 2 rings (SSSR count). The van der Waals surface area contributed by atoms with Gasteiger partial charge in [-0.25, -0.2) is 4.79 Å². The molecule has 0 aromatic heterocycles. The molecule has 0 bridgehead atoms. The number of nitrogens with zero attached hydrogens (tertiary/aromatic N) is 1. The lowest BCUT2D eigenvalue weighted by molar-refractivity contribution is -0.143. The van der Waals surface area contributed by atoms with E-state index in [1.807, 2.05) is 54.6 Å². The number of hydrogen-bond acceptors (Lipinski definition) is 5. The third kappa shape index (κ3) is 10.7. The predicted molar refractivity (Wildman–Crippen MR) is 153 cm³/mol. The van der Waals surface area contributed by atoms with Crippen LogP contribution in [0.1, 0.15) is 83.0 Å². The van der Waals surface area contributed by atoms with Gasteiger partial charge in [-0.2, -0.15) is 0 Å². The van der Waals surface area contributed by atoms with E-state index in [2.05, 4.69) is 24.5 Å². The maximum Gasteiger partial charge on any atom is 0.408 e. The van der Waals surface area contributed by atoms with Crippen LogP contribution < -0.4 is 10.6 Å². The minimum Gasteiger partial charge on any atom is -0.444 e. The van der Waals surface area contributed by atoms with Crippen molar-refractivity contribution in [3.05, 3.63) is 71.3 Å². The number of carbonyl (C=O) groups is 3. The Hall–Kier alpha value is -3.39. The van der Waals surface area contributed by atoms with Crippen LogP contribution in [0.4, 0.5) is 4.79 Å². The molecule has 0 aliphatic rings. The smallest absolute Gasteiger partial charge is 0.408 e. The van der Waals surface area contributed by atoms with Crippen molar-refractivity contribution in [2.75, 3.05) is 13.2 Å². The van der Waals surface area contributed by atoms with Gasteiger partial charge in [0, 0.05) is 13.1 Å². The second-order valence-electron chi connectivity index (χ2n) is 10.7. The number of rotatable bonds is 14. The first-order valence-corrected chi connectivity index (χ1v) is 13.9. The molecule has 0 heterocycles. The highest BCUT2D eigenvalue weighted by atomic mass is 16.6. The number of hydrogen-bond donors (Lipinski definition) is 3. The van der Waals surface area contributed by atoms with Crippen molar-refractivity contribution in [1.82, 2.24) is 15.5 Å². The SMILES string of the molecule is CCCCCCN(C(=O)C(CO)NC(=O)OC(C)(C)C)C(C(=O)NCc1ccccc1)c1ccc(CC)cc1. The minimum absolute atomic E-state index is 0.296. The number of amides is 3. The average molecular weight is 540 g/mol. The van der Waals surface area contributed by atoms with Crippen molar-refractivity contribution in [3.63, 3.8) is 0 Å². The monoisotopic (exact) mass is 539 g/mol. The number of unbranched alkanes of at least 4 members (excludes halogenated alkanes) is 3. The first-order chi connectivity index (χ1) is 18.6. The lowest BCUT2D eigenvalue weighted by Crippen LogP contribution is -2.54. The number of benzene rings is 2.